The van der Waals surface area contributed by atoms with Gasteiger partial charge in [-0.15, -0.1) is 0 Å². The average Bonchev–Trinajstić information content (AvgIpc) is 3.01. The largest absolute Gasteiger partial charge is 0.495 e. The predicted octanol–water partition coefficient (Wildman–Crippen LogP) is 0.171. The van der Waals surface area contributed by atoms with Crippen molar-refractivity contribution in [1.82, 2.24) is 4.90 Å². The number of amides is 1. The van der Waals surface area contributed by atoms with Crippen molar-refractivity contribution in [2.75, 3.05) is 31.8 Å². The summed E-state index contributed by atoms with van der Waals surface area (Å²) in [5, 5.41) is 5.13. The molecule has 1 heterocycles. The number of sulfone groups is 1. The molecular weight excluding hydrogens is 436 g/mol. The molecule has 1 aliphatic heterocycles. The molecule has 0 radical (unpaired) electrons. The Balaban J connectivity index is 2.12. The second-order valence-corrected chi connectivity index (χ2v) is 11.2. The maximum atomic E-state index is 12.7. The molecule has 2 rings (SSSR count). The molecule has 0 aromatic heterocycles. The molecule has 1 aromatic rings. The predicted molar refractivity (Wildman–Crippen MR) is 108 cm³/mol. The van der Waals surface area contributed by atoms with Crippen LogP contribution in [-0.4, -0.2) is 71.4 Å². The Morgan fingerprint density at radius 2 is 1.97 bits per heavy atom. The van der Waals surface area contributed by atoms with Gasteiger partial charge in [0.15, 0.2) is 16.4 Å². The van der Waals surface area contributed by atoms with Gasteiger partial charge in [0.2, 0.25) is 10.0 Å². The number of nitrogens with two attached hydrogens (primary N) is 1. The van der Waals surface area contributed by atoms with Crippen LogP contribution in [0.3, 0.4) is 0 Å². The molecule has 2 N–H and O–H groups in total. The number of esters is 1. The number of benzene rings is 1. The molecule has 10 nitrogen and oxygen atoms in total. The van der Waals surface area contributed by atoms with Gasteiger partial charge in [0, 0.05) is 12.6 Å². The molecule has 0 saturated carbocycles. The zero-order chi connectivity index (χ0) is 22.7. The summed E-state index contributed by atoms with van der Waals surface area (Å²) in [6.07, 6.45) is 0.338. The summed E-state index contributed by atoms with van der Waals surface area (Å²) in [4.78, 5) is 26.0. The first-order chi connectivity index (χ1) is 13.8. The normalized spacial score (nSPS) is 18.2. The van der Waals surface area contributed by atoms with E-state index < -0.39 is 44.4 Å². The Morgan fingerprint density at radius 3 is 2.47 bits per heavy atom. The van der Waals surface area contributed by atoms with Gasteiger partial charge in [-0.25, -0.2) is 26.8 Å². The van der Waals surface area contributed by atoms with Gasteiger partial charge in [-0.2, -0.15) is 0 Å². The van der Waals surface area contributed by atoms with Gasteiger partial charge in [0.25, 0.3) is 5.91 Å². The molecule has 0 aliphatic carbocycles. The van der Waals surface area contributed by atoms with Crippen molar-refractivity contribution in [2.45, 2.75) is 31.2 Å². The Morgan fingerprint density at radius 1 is 1.30 bits per heavy atom. The summed E-state index contributed by atoms with van der Waals surface area (Å²) in [6, 6.07) is 3.09. The van der Waals surface area contributed by atoms with Gasteiger partial charge in [-0.05, 0) is 30.5 Å². The van der Waals surface area contributed by atoms with Crippen molar-refractivity contribution in [3.8, 4) is 5.75 Å². The van der Waals surface area contributed by atoms with Crippen LogP contribution in [0.4, 0.5) is 0 Å². The highest BCUT2D eigenvalue weighted by molar-refractivity contribution is 7.91. The Labute approximate surface area is 176 Å². The zero-order valence-electron chi connectivity index (χ0n) is 17.0. The average molecular weight is 463 g/mol. The zero-order valence-corrected chi connectivity index (χ0v) is 18.7. The second-order valence-electron chi connectivity index (χ2n) is 7.48. The lowest BCUT2D eigenvalue weighted by Crippen LogP contribution is -2.45. The number of hydrogen-bond acceptors (Lipinski definition) is 8. The minimum Gasteiger partial charge on any atom is -0.495 e. The minimum absolute atomic E-state index is 0.0154. The fourth-order valence-electron chi connectivity index (χ4n) is 3.19. The first-order valence-electron chi connectivity index (χ1n) is 9.22. The third-order valence-corrected chi connectivity index (χ3v) is 7.25. The highest BCUT2D eigenvalue weighted by Gasteiger charge is 2.35. The SMILES string of the molecule is COc1ccc(C(=O)OCC(=O)N(CC(C)C)C2CCS(=O)(=O)C2)cc1S(N)(=O)=O. The molecule has 1 saturated heterocycles. The summed E-state index contributed by atoms with van der Waals surface area (Å²) in [7, 11) is -6.08. The number of carbonyl (C=O) groups is 2. The fourth-order valence-corrected chi connectivity index (χ4v) is 5.64. The minimum atomic E-state index is -4.15. The van der Waals surface area contributed by atoms with E-state index >= 15 is 0 Å². The number of hydrogen-bond donors (Lipinski definition) is 1. The van der Waals surface area contributed by atoms with Crippen LogP contribution in [0.5, 0.6) is 5.75 Å². The fraction of sp³-hybridized carbons (Fsp3) is 0.556. The first-order valence-corrected chi connectivity index (χ1v) is 12.6. The van der Waals surface area contributed by atoms with Crippen LogP contribution < -0.4 is 9.88 Å². The molecule has 1 aliphatic rings. The van der Waals surface area contributed by atoms with E-state index in [2.05, 4.69) is 0 Å². The van der Waals surface area contributed by atoms with E-state index in [9.17, 15) is 26.4 Å². The first kappa shape index (κ1) is 24.1. The van der Waals surface area contributed by atoms with Crippen molar-refractivity contribution in [3.63, 3.8) is 0 Å². The maximum absolute atomic E-state index is 12.7. The van der Waals surface area contributed by atoms with Gasteiger partial charge in [-0.1, -0.05) is 13.8 Å². The van der Waals surface area contributed by atoms with Crippen molar-refractivity contribution >= 4 is 31.7 Å². The molecule has 168 valence electrons. The molecule has 1 unspecified atom stereocenters. The van der Waals surface area contributed by atoms with Crippen LogP contribution in [0, 0.1) is 5.92 Å². The standard InChI is InChI=1S/C18H26N2O8S2/c1-12(2)9-20(14-6-7-29(23,24)11-14)17(21)10-28-18(22)13-4-5-15(27-3)16(8-13)30(19,25)26/h4-5,8,12,14H,6-7,9-11H2,1-3H3,(H2,19,25,26). The molecule has 1 fully saturated rings. The number of sulfonamides is 1. The van der Waals surface area contributed by atoms with E-state index in [1.807, 2.05) is 13.8 Å². The van der Waals surface area contributed by atoms with Gasteiger partial charge < -0.3 is 14.4 Å². The molecular formula is C18H26N2O8S2. The van der Waals surface area contributed by atoms with E-state index in [0.29, 0.717) is 13.0 Å². The maximum Gasteiger partial charge on any atom is 0.338 e. The molecule has 12 heteroatoms. The van der Waals surface area contributed by atoms with Crippen LogP contribution in [-0.2, 0) is 29.4 Å². The van der Waals surface area contributed by atoms with Crippen molar-refractivity contribution in [2.24, 2.45) is 11.1 Å². The van der Waals surface area contributed by atoms with Gasteiger partial charge in [0.05, 0.1) is 24.2 Å². The lowest BCUT2D eigenvalue weighted by molar-refractivity contribution is -0.137. The number of ether oxygens (including phenoxy) is 2. The van der Waals surface area contributed by atoms with E-state index in [-0.39, 0.29) is 33.6 Å². The molecule has 1 amide bonds. The van der Waals surface area contributed by atoms with E-state index in [0.717, 1.165) is 6.07 Å². The summed E-state index contributed by atoms with van der Waals surface area (Å²) in [5.41, 5.74) is -0.119. The third kappa shape index (κ3) is 6.16. The summed E-state index contributed by atoms with van der Waals surface area (Å²) >= 11 is 0. The number of rotatable bonds is 8. The van der Waals surface area contributed by atoms with Gasteiger partial charge >= 0.3 is 5.97 Å². The second kappa shape index (κ2) is 9.31. The smallest absolute Gasteiger partial charge is 0.338 e. The quantitative estimate of drug-likeness (QED) is 0.537. The van der Waals surface area contributed by atoms with E-state index in [1.54, 1.807) is 0 Å². The topological polar surface area (TPSA) is 150 Å². The summed E-state index contributed by atoms with van der Waals surface area (Å²) in [5.74, 6) is -1.47. The molecule has 1 aromatic carbocycles. The van der Waals surface area contributed by atoms with E-state index in [1.165, 1.54) is 24.1 Å². The monoisotopic (exact) mass is 462 g/mol. The Bertz CT molecular complexity index is 1020. The van der Waals surface area contributed by atoms with Crippen LogP contribution in [0.25, 0.3) is 0 Å². The molecule has 0 bridgehead atoms. The molecule has 0 spiro atoms. The van der Waals surface area contributed by atoms with Crippen LogP contribution in [0.15, 0.2) is 23.1 Å². The number of nitrogens with zero attached hydrogens (tertiary/aromatic N) is 1. The number of primary sulfonamides is 1. The van der Waals surface area contributed by atoms with E-state index in [4.69, 9.17) is 14.6 Å². The lowest BCUT2D eigenvalue weighted by Gasteiger charge is -2.29. The highest BCUT2D eigenvalue weighted by Crippen LogP contribution is 2.24. The summed E-state index contributed by atoms with van der Waals surface area (Å²) in [6.45, 7) is 3.51. The van der Waals surface area contributed by atoms with Gasteiger partial charge in [0.1, 0.15) is 10.6 Å². The van der Waals surface area contributed by atoms with Crippen molar-refractivity contribution in [1.29, 1.82) is 0 Å². The molecule has 1 atom stereocenters. The number of carbonyl (C=O) groups excluding carboxylic acids is 2. The Hall–Kier alpha value is -2.18. The highest BCUT2D eigenvalue weighted by atomic mass is 32.2. The number of methoxy groups -OCH3 is 1. The van der Waals surface area contributed by atoms with Crippen molar-refractivity contribution < 1.29 is 35.9 Å². The molecule has 30 heavy (non-hydrogen) atoms. The van der Waals surface area contributed by atoms with Crippen LogP contribution in [0.2, 0.25) is 0 Å². The third-order valence-electron chi connectivity index (χ3n) is 4.56. The Kier molecular flexibility index (Phi) is 7.48. The van der Waals surface area contributed by atoms with Gasteiger partial charge in [-0.3, -0.25) is 4.79 Å². The van der Waals surface area contributed by atoms with Crippen LogP contribution in [0.1, 0.15) is 30.6 Å². The van der Waals surface area contributed by atoms with Crippen molar-refractivity contribution in [3.05, 3.63) is 23.8 Å². The summed E-state index contributed by atoms with van der Waals surface area (Å²) < 4.78 is 56.9. The lowest BCUT2D eigenvalue weighted by atomic mass is 10.1. The van der Waals surface area contributed by atoms with Crippen LogP contribution >= 0.6 is 0 Å².